The Labute approximate surface area is 197 Å². The topological polar surface area (TPSA) is 88.5 Å². The van der Waals surface area contributed by atoms with Crippen LogP contribution in [0, 0.1) is 6.92 Å². The van der Waals surface area contributed by atoms with Crippen LogP contribution < -0.4 is 10.6 Å². The highest BCUT2D eigenvalue weighted by Crippen LogP contribution is 2.30. The highest BCUT2D eigenvalue weighted by molar-refractivity contribution is 7.15. The second-order valence-corrected chi connectivity index (χ2v) is 8.58. The minimum atomic E-state index is -4.42. The third kappa shape index (κ3) is 6.13. The van der Waals surface area contributed by atoms with E-state index in [2.05, 4.69) is 35.6 Å². The highest BCUT2D eigenvalue weighted by Gasteiger charge is 2.30. The van der Waals surface area contributed by atoms with Gasteiger partial charge >= 0.3 is 6.18 Å². The Morgan fingerprint density at radius 1 is 1.00 bits per heavy atom. The van der Waals surface area contributed by atoms with Crippen molar-refractivity contribution in [3.05, 3.63) is 82.4 Å². The Balaban J connectivity index is 1.63. The van der Waals surface area contributed by atoms with E-state index < -0.39 is 11.7 Å². The van der Waals surface area contributed by atoms with E-state index >= 15 is 0 Å². The van der Waals surface area contributed by atoms with Crippen LogP contribution in [0.3, 0.4) is 0 Å². The van der Waals surface area contributed by atoms with Crippen molar-refractivity contribution < 1.29 is 13.2 Å². The first kappa shape index (κ1) is 23.3. The predicted molar refractivity (Wildman–Crippen MR) is 127 cm³/mol. The Morgan fingerprint density at radius 3 is 2.47 bits per heavy atom. The lowest BCUT2D eigenvalue weighted by molar-refractivity contribution is -0.137. The molecule has 4 aromatic rings. The molecule has 3 aromatic heterocycles. The fraction of sp³-hybridized carbons (Fsp3) is 0.174. The van der Waals surface area contributed by atoms with Crippen LogP contribution in [0.2, 0.25) is 0 Å². The molecule has 0 spiro atoms. The highest BCUT2D eigenvalue weighted by atomic mass is 32.1. The first-order chi connectivity index (χ1) is 16.3. The maximum absolute atomic E-state index is 13.0. The van der Waals surface area contributed by atoms with Crippen molar-refractivity contribution >= 4 is 40.5 Å². The molecule has 1 aromatic carbocycles. The van der Waals surface area contributed by atoms with Crippen molar-refractivity contribution in [1.29, 1.82) is 0 Å². The van der Waals surface area contributed by atoms with E-state index in [-0.39, 0.29) is 17.8 Å². The molecular weight excluding hydrogens is 463 g/mol. The number of benzene rings is 1. The number of nitrogens with zero attached hydrogens (tertiary/aromatic N) is 5. The summed E-state index contributed by atoms with van der Waals surface area (Å²) >= 11 is 1.44. The average molecular weight is 484 g/mol. The Kier molecular flexibility index (Phi) is 6.82. The van der Waals surface area contributed by atoms with Gasteiger partial charge in [0.05, 0.1) is 11.6 Å². The fourth-order valence-electron chi connectivity index (χ4n) is 3.01. The number of pyridine rings is 1. The van der Waals surface area contributed by atoms with Gasteiger partial charge in [0.15, 0.2) is 11.0 Å². The number of aromatic nitrogens is 5. The molecule has 4 rings (SSSR count). The largest absolute Gasteiger partial charge is 0.416 e. The van der Waals surface area contributed by atoms with E-state index in [0.717, 1.165) is 22.6 Å². The summed E-state index contributed by atoms with van der Waals surface area (Å²) in [6.45, 7) is 3.89. The molecule has 7 nitrogen and oxygen atoms in total. The van der Waals surface area contributed by atoms with Gasteiger partial charge in [0.2, 0.25) is 11.9 Å². The van der Waals surface area contributed by atoms with Crippen LogP contribution in [0.1, 0.15) is 40.4 Å². The zero-order chi connectivity index (χ0) is 24.1. The average Bonchev–Trinajstić information content (AvgIpc) is 3.22. The van der Waals surface area contributed by atoms with Crippen LogP contribution in [0.4, 0.5) is 30.2 Å². The van der Waals surface area contributed by atoms with Crippen molar-refractivity contribution in [3.8, 4) is 0 Å². The molecule has 0 amide bonds. The molecule has 0 aliphatic carbocycles. The summed E-state index contributed by atoms with van der Waals surface area (Å²) in [7, 11) is 0. The van der Waals surface area contributed by atoms with Crippen LogP contribution in [0.15, 0.2) is 55.0 Å². The van der Waals surface area contributed by atoms with Gasteiger partial charge in [0.25, 0.3) is 0 Å². The Morgan fingerprint density at radius 2 is 1.76 bits per heavy atom. The number of hydrogen-bond donors (Lipinski definition) is 2. The molecule has 1 atom stereocenters. The maximum Gasteiger partial charge on any atom is 0.416 e. The predicted octanol–water partition coefficient (Wildman–Crippen LogP) is 6.14. The van der Waals surface area contributed by atoms with Gasteiger partial charge in [-0.3, -0.25) is 10.3 Å². The van der Waals surface area contributed by atoms with Gasteiger partial charge in [-0.2, -0.15) is 28.1 Å². The molecule has 0 saturated heterocycles. The number of nitrogens with one attached hydrogen (secondary N) is 2. The molecule has 0 radical (unpaired) electrons. The first-order valence-corrected chi connectivity index (χ1v) is 11.1. The summed E-state index contributed by atoms with van der Waals surface area (Å²) in [6, 6.07) is 8.67. The van der Waals surface area contributed by atoms with Gasteiger partial charge in [-0.25, -0.2) is 4.98 Å². The SMILES string of the molecule is Cc1cnc(Nc2nc(C=Cc3cccc(C(F)(F)F)c3)nc(NC(C)c3ccncc3)n2)s1. The molecule has 0 aliphatic heterocycles. The first-order valence-electron chi connectivity index (χ1n) is 10.2. The lowest BCUT2D eigenvalue weighted by atomic mass is 10.1. The number of anilines is 3. The molecule has 0 aliphatic rings. The van der Waals surface area contributed by atoms with Crippen LogP contribution in [-0.4, -0.2) is 24.9 Å². The number of hydrogen-bond acceptors (Lipinski definition) is 8. The summed E-state index contributed by atoms with van der Waals surface area (Å²) in [4.78, 5) is 22.5. The maximum atomic E-state index is 13.0. The van der Waals surface area contributed by atoms with E-state index in [9.17, 15) is 13.2 Å². The van der Waals surface area contributed by atoms with Crippen molar-refractivity contribution in [1.82, 2.24) is 24.9 Å². The van der Waals surface area contributed by atoms with E-state index in [1.54, 1.807) is 24.7 Å². The van der Waals surface area contributed by atoms with Crippen molar-refractivity contribution in [2.75, 3.05) is 10.6 Å². The number of aryl methyl sites for hydroxylation is 1. The fourth-order valence-corrected chi connectivity index (χ4v) is 3.67. The minimum Gasteiger partial charge on any atom is -0.348 e. The summed E-state index contributed by atoms with van der Waals surface area (Å²) in [6.07, 6.45) is 3.77. The monoisotopic (exact) mass is 483 g/mol. The zero-order valence-corrected chi connectivity index (χ0v) is 19.0. The molecule has 34 heavy (non-hydrogen) atoms. The van der Waals surface area contributed by atoms with Gasteiger partial charge < -0.3 is 5.32 Å². The van der Waals surface area contributed by atoms with Gasteiger partial charge in [-0.05, 0) is 55.3 Å². The van der Waals surface area contributed by atoms with Crippen molar-refractivity contribution in [2.24, 2.45) is 0 Å². The van der Waals surface area contributed by atoms with Gasteiger partial charge in [-0.15, -0.1) is 11.3 Å². The van der Waals surface area contributed by atoms with E-state index in [1.165, 1.54) is 29.6 Å². The molecule has 0 saturated carbocycles. The smallest absolute Gasteiger partial charge is 0.348 e. The minimum absolute atomic E-state index is 0.124. The van der Waals surface area contributed by atoms with Gasteiger partial charge in [0.1, 0.15) is 0 Å². The van der Waals surface area contributed by atoms with Crippen LogP contribution in [-0.2, 0) is 6.18 Å². The molecule has 1 unspecified atom stereocenters. The van der Waals surface area contributed by atoms with Crippen LogP contribution >= 0.6 is 11.3 Å². The number of thiazole rings is 1. The molecule has 3 heterocycles. The molecule has 174 valence electrons. The van der Waals surface area contributed by atoms with E-state index in [0.29, 0.717) is 16.6 Å². The van der Waals surface area contributed by atoms with Crippen LogP contribution in [0.25, 0.3) is 12.2 Å². The van der Waals surface area contributed by atoms with Crippen molar-refractivity contribution in [3.63, 3.8) is 0 Å². The summed E-state index contributed by atoms with van der Waals surface area (Å²) < 4.78 is 39.1. The third-order valence-corrected chi connectivity index (χ3v) is 5.51. The summed E-state index contributed by atoms with van der Waals surface area (Å²) in [5.74, 6) is 0.837. The zero-order valence-electron chi connectivity index (χ0n) is 18.2. The lowest BCUT2D eigenvalue weighted by Gasteiger charge is -2.14. The third-order valence-electron chi connectivity index (χ3n) is 4.68. The van der Waals surface area contributed by atoms with E-state index in [1.807, 2.05) is 26.0 Å². The number of halogens is 3. The number of rotatable bonds is 7. The van der Waals surface area contributed by atoms with E-state index in [4.69, 9.17) is 0 Å². The Hall–Kier alpha value is -3.86. The normalized spacial score (nSPS) is 12.6. The van der Waals surface area contributed by atoms with Crippen molar-refractivity contribution in [2.45, 2.75) is 26.1 Å². The molecular formula is C23H20F3N7S. The van der Waals surface area contributed by atoms with Gasteiger partial charge in [0, 0.05) is 23.5 Å². The Bertz CT molecular complexity index is 1290. The lowest BCUT2D eigenvalue weighted by Crippen LogP contribution is -2.12. The summed E-state index contributed by atoms with van der Waals surface area (Å²) in [5, 5.41) is 6.90. The summed E-state index contributed by atoms with van der Waals surface area (Å²) in [5.41, 5.74) is 0.641. The molecule has 11 heteroatoms. The molecule has 2 N–H and O–H groups in total. The van der Waals surface area contributed by atoms with Crippen LogP contribution in [0.5, 0.6) is 0 Å². The second-order valence-electron chi connectivity index (χ2n) is 7.35. The molecule has 0 bridgehead atoms. The molecule has 0 fully saturated rings. The standard InChI is InChI=1S/C23H20F3N7S/c1-14-13-28-22(34-14)33-21-31-19(7-6-16-4-3-5-18(12-16)23(24,25)26)30-20(32-21)29-15(2)17-8-10-27-11-9-17/h3-13,15H,1-2H3,(H2,28,29,30,31,32,33). The number of alkyl halides is 3. The second kappa shape index (κ2) is 9.96. The quantitative estimate of drug-likeness (QED) is 0.327. The van der Waals surface area contributed by atoms with Gasteiger partial charge in [-0.1, -0.05) is 18.2 Å².